The average molecular weight is 404 g/mol. The normalized spacial score (nSPS) is 10.3. The second-order valence-electron chi connectivity index (χ2n) is 3.79. The third-order valence-electron chi connectivity index (χ3n) is 2.45. The first-order valence-corrected chi connectivity index (χ1v) is 7.26. The second-order valence-corrected chi connectivity index (χ2v) is 5.85. The Morgan fingerprint density at radius 2 is 1.95 bits per heavy atom. The Hall–Kier alpha value is -1.04. The number of nitrogens with one attached hydrogen (secondary N) is 1. The van der Waals surface area contributed by atoms with Gasteiger partial charge in [-0.3, -0.25) is 4.79 Å². The van der Waals surface area contributed by atoms with Crippen LogP contribution in [0.15, 0.2) is 45.3 Å². The number of carbonyl (C=O) groups is 1. The van der Waals surface area contributed by atoms with Crippen molar-refractivity contribution in [3.8, 4) is 0 Å². The average Bonchev–Trinajstić information content (AvgIpc) is 2.37. The molecule has 0 saturated heterocycles. The molecule has 0 spiro atoms. The molecular formula is C13H9Br2ClN2O. The van der Waals surface area contributed by atoms with E-state index in [0.29, 0.717) is 26.4 Å². The van der Waals surface area contributed by atoms with E-state index in [1.165, 1.54) is 0 Å². The Kier molecular flexibility index (Phi) is 4.50. The summed E-state index contributed by atoms with van der Waals surface area (Å²) < 4.78 is 1.35. The van der Waals surface area contributed by atoms with E-state index in [4.69, 9.17) is 17.3 Å². The third-order valence-corrected chi connectivity index (χ3v) is 4.57. The van der Waals surface area contributed by atoms with Crippen LogP contribution in [0.4, 0.5) is 11.4 Å². The molecule has 0 fully saturated rings. The second kappa shape index (κ2) is 5.94. The largest absolute Gasteiger partial charge is 0.398 e. The Labute approximate surface area is 132 Å². The highest BCUT2D eigenvalue weighted by Crippen LogP contribution is 2.27. The van der Waals surface area contributed by atoms with E-state index >= 15 is 0 Å². The fourth-order valence-corrected chi connectivity index (χ4v) is 2.37. The van der Waals surface area contributed by atoms with Gasteiger partial charge in [-0.1, -0.05) is 17.7 Å². The molecule has 0 saturated carbocycles. The van der Waals surface area contributed by atoms with Gasteiger partial charge in [0, 0.05) is 15.8 Å². The summed E-state index contributed by atoms with van der Waals surface area (Å²) in [4.78, 5) is 12.1. The minimum atomic E-state index is -0.252. The van der Waals surface area contributed by atoms with Crippen LogP contribution in [0.5, 0.6) is 0 Å². The van der Waals surface area contributed by atoms with Gasteiger partial charge in [-0.2, -0.15) is 0 Å². The smallest absolute Gasteiger partial charge is 0.256 e. The molecule has 98 valence electrons. The molecule has 0 heterocycles. The Morgan fingerprint density at radius 3 is 2.63 bits per heavy atom. The Balaban J connectivity index is 2.26. The lowest BCUT2D eigenvalue weighted by atomic mass is 10.2. The maximum atomic E-state index is 12.1. The maximum Gasteiger partial charge on any atom is 0.256 e. The quantitative estimate of drug-likeness (QED) is 0.713. The van der Waals surface area contributed by atoms with E-state index in [0.717, 1.165) is 4.47 Å². The molecule has 3 N–H and O–H groups in total. The van der Waals surface area contributed by atoms with E-state index < -0.39 is 0 Å². The fourth-order valence-electron chi connectivity index (χ4n) is 1.50. The van der Waals surface area contributed by atoms with Crippen LogP contribution in [0.3, 0.4) is 0 Å². The summed E-state index contributed by atoms with van der Waals surface area (Å²) in [7, 11) is 0. The number of anilines is 2. The predicted octanol–water partition coefficient (Wildman–Crippen LogP) is 4.70. The van der Waals surface area contributed by atoms with E-state index in [2.05, 4.69) is 37.2 Å². The molecule has 0 aliphatic heterocycles. The third kappa shape index (κ3) is 3.29. The number of hydrogen-bond donors (Lipinski definition) is 2. The van der Waals surface area contributed by atoms with Crippen LogP contribution >= 0.6 is 43.5 Å². The minimum absolute atomic E-state index is 0.252. The summed E-state index contributed by atoms with van der Waals surface area (Å²) in [5, 5.41) is 3.30. The number of amides is 1. The summed E-state index contributed by atoms with van der Waals surface area (Å²) in [6.45, 7) is 0. The molecule has 0 radical (unpaired) electrons. The number of hydrogen-bond acceptors (Lipinski definition) is 2. The standard InChI is InChI=1S/C13H9Br2ClN2O/c14-9-5-4-7(6-10(9)16)18-13(19)8-2-1-3-11(17)12(8)15/h1-6H,17H2,(H,18,19). The van der Waals surface area contributed by atoms with Gasteiger partial charge in [0.2, 0.25) is 0 Å². The van der Waals surface area contributed by atoms with Crippen LogP contribution in [0.1, 0.15) is 10.4 Å². The molecule has 6 heteroatoms. The summed E-state index contributed by atoms with van der Waals surface area (Å²) in [6.07, 6.45) is 0. The lowest BCUT2D eigenvalue weighted by Gasteiger charge is -2.09. The molecule has 0 unspecified atom stereocenters. The molecule has 0 aliphatic rings. The van der Waals surface area contributed by atoms with E-state index in [-0.39, 0.29) is 5.91 Å². The van der Waals surface area contributed by atoms with Gasteiger partial charge in [0.15, 0.2) is 0 Å². The number of rotatable bonds is 2. The van der Waals surface area contributed by atoms with Gasteiger partial charge in [0.05, 0.1) is 15.1 Å². The molecule has 2 aromatic rings. The van der Waals surface area contributed by atoms with E-state index in [9.17, 15) is 4.79 Å². The van der Waals surface area contributed by atoms with E-state index in [1.807, 2.05) is 0 Å². The zero-order chi connectivity index (χ0) is 14.0. The SMILES string of the molecule is Nc1cccc(C(=O)Nc2ccc(Br)c(Cl)c2)c1Br. The molecule has 3 nitrogen and oxygen atoms in total. The lowest BCUT2D eigenvalue weighted by molar-refractivity contribution is 0.102. The highest BCUT2D eigenvalue weighted by molar-refractivity contribution is 9.11. The Morgan fingerprint density at radius 1 is 1.21 bits per heavy atom. The fraction of sp³-hybridized carbons (Fsp3) is 0. The zero-order valence-electron chi connectivity index (χ0n) is 9.58. The molecule has 0 bridgehead atoms. The van der Waals surface area contributed by atoms with Crippen molar-refractivity contribution in [2.75, 3.05) is 11.1 Å². The van der Waals surface area contributed by atoms with E-state index in [1.54, 1.807) is 36.4 Å². The molecule has 0 atom stereocenters. The van der Waals surface area contributed by atoms with Crippen molar-refractivity contribution >= 4 is 60.7 Å². The molecule has 19 heavy (non-hydrogen) atoms. The van der Waals surface area contributed by atoms with Gasteiger partial charge < -0.3 is 11.1 Å². The number of halogens is 3. The van der Waals surface area contributed by atoms with Crippen molar-refractivity contribution in [3.63, 3.8) is 0 Å². The molecule has 1 amide bonds. The van der Waals surface area contributed by atoms with Gasteiger partial charge >= 0.3 is 0 Å². The van der Waals surface area contributed by atoms with Crippen molar-refractivity contribution in [1.82, 2.24) is 0 Å². The van der Waals surface area contributed by atoms with Crippen molar-refractivity contribution in [3.05, 3.63) is 55.9 Å². The van der Waals surface area contributed by atoms with Gasteiger partial charge in [-0.15, -0.1) is 0 Å². The van der Waals surface area contributed by atoms with Crippen LogP contribution < -0.4 is 11.1 Å². The summed E-state index contributed by atoms with van der Waals surface area (Å²) in [5.41, 5.74) is 7.35. The van der Waals surface area contributed by atoms with Crippen LogP contribution in [0.25, 0.3) is 0 Å². The zero-order valence-corrected chi connectivity index (χ0v) is 13.5. The predicted molar refractivity (Wildman–Crippen MR) is 85.7 cm³/mol. The van der Waals surface area contributed by atoms with Gasteiger partial charge in [-0.25, -0.2) is 0 Å². The molecule has 2 aromatic carbocycles. The summed E-state index contributed by atoms with van der Waals surface area (Å²) in [6, 6.07) is 10.3. The van der Waals surface area contributed by atoms with Crippen molar-refractivity contribution in [2.24, 2.45) is 0 Å². The summed E-state index contributed by atoms with van der Waals surface area (Å²) >= 11 is 12.6. The molecule has 0 aromatic heterocycles. The van der Waals surface area contributed by atoms with Crippen LogP contribution in [0.2, 0.25) is 5.02 Å². The highest BCUT2D eigenvalue weighted by Gasteiger charge is 2.12. The number of nitrogen functional groups attached to an aromatic ring is 1. The first-order chi connectivity index (χ1) is 8.99. The maximum absolute atomic E-state index is 12.1. The Bertz CT molecular complexity index is 647. The van der Waals surface area contributed by atoms with Gasteiger partial charge in [-0.05, 0) is 62.2 Å². The van der Waals surface area contributed by atoms with Crippen LogP contribution in [-0.4, -0.2) is 5.91 Å². The number of carbonyl (C=O) groups excluding carboxylic acids is 1. The molecular weight excluding hydrogens is 395 g/mol. The van der Waals surface area contributed by atoms with Crippen molar-refractivity contribution in [2.45, 2.75) is 0 Å². The first-order valence-electron chi connectivity index (χ1n) is 5.29. The molecule has 0 aliphatic carbocycles. The summed E-state index contributed by atoms with van der Waals surface area (Å²) in [5.74, 6) is -0.252. The number of nitrogens with two attached hydrogens (primary N) is 1. The van der Waals surface area contributed by atoms with Crippen LogP contribution in [-0.2, 0) is 0 Å². The molecule has 2 rings (SSSR count). The lowest BCUT2D eigenvalue weighted by Crippen LogP contribution is -2.13. The van der Waals surface area contributed by atoms with Crippen LogP contribution in [0, 0.1) is 0 Å². The van der Waals surface area contributed by atoms with Gasteiger partial charge in [0.1, 0.15) is 0 Å². The highest BCUT2D eigenvalue weighted by atomic mass is 79.9. The monoisotopic (exact) mass is 402 g/mol. The van der Waals surface area contributed by atoms with Gasteiger partial charge in [0.25, 0.3) is 5.91 Å². The topological polar surface area (TPSA) is 55.1 Å². The minimum Gasteiger partial charge on any atom is -0.398 e. The first kappa shape index (κ1) is 14.4. The van der Waals surface area contributed by atoms with Crippen molar-refractivity contribution < 1.29 is 4.79 Å². The van der Waals surface area contributed by atoms with Crippen molar-refractivity contribution in [1.29, 1.82) is 0 Å². The number of benzene rings is 2.